The minimum absolute atomic E-state index is 0.0315. The monoisotopic (exact) mass is 403 g/mol. The number of nitrogens with zero attached hydrogens (tertiary/aromatic N) is 4. The number of likely N-dealkylation sites (tertiary alicyclic amines) is 1. The first-order valence-corrected chi connectivity index (χ1v) is 10.2. The molecule has 0 spiro atoms. The Balaban J connectivity index is 1.29. The Labute approximate surface area is 175 Å². The second-order valence-electron chi connectivity index (χ2n) is 7.51. The molecule has 3 aromatic rings. The summed E-state index contributed by atoms with van der Waals surface area (Å²) in [7, 11) is 0. The predicted octanol–water partition coefficient (Wildman–Crippen LogP) is 4.01. The maximum absolute atomic E-state index is 12.4. The molecule has 0 aromatic carbocycles. The maximum atomic E-state index is 12.4. The van der Waals surface area contributed by atoms with Crippen LogP contribution in [0.1, 0.15) is 30.0 Å². The fraction of sp³-hybridized carbons (Fsp3) is 0.304. The van der Waals surface area contributed by atoms with Crippen LogP contribution in [0.15, 0.2) is 59.5 Å². The molecule has 4 rings (SSSR count). The summed E-state index contributed by atoms with van der Waals surface area (Å²) in [6.07, 6.45) is 9.29. The number of carbonyl (C=O) groups excluding carboxylic acids is 1. The van der Waals surface area contributed by atoms with Gasteiger partial charge in [-0.2, -0.15) is 0 Å². The van der Waals surface area contributed by atoms with Crippen LogP contribution in [0.25, 0.3) is 6.08 Å². The lowest BCUT2D eigenvalue weighted by Gasteiger charge is -2.31. The van der Waals surface area contributed by atoms with E-state index in [0.717, 1.165) is 55.4 Å². The van der Waals surface area contributed by atoms with E-state index in [2.05, 4.69) is 20.3 Å². The summed E-state index contributed by atoms with van der Waals surface area (Å²) in [6, 6.07) is 11.5. The Morgan fingerprint density at radius 2 is 2.07 bits per heavy atom. The van der Waals surface area contributed by atoms with E-state index < -0.39 is 0 Å². The molecular weight excluding hydrogens is 378 g/mol. The fourth-order valence-corrected chi connectivity index (χ4v) is 3.62. The van der Waals surface area contributed by atoms with E-state index >= 15 is 0 Å². The summed E-state index contributed by atoms with van der Waals surface area (Å²) in [6.45, 7) is 3.48. The SMILES string of the molecule is Cc1cccc(Nc2cc(CC3CCN(C(=O)/C=C/c4ccco4)CC3)ncn2)n1. The van der Waals surface area contributed by atoms with E-state index in [1.165, 1.54) is 0 Å². The van der Waals surface area contributed by atoms with Crippen LogP contribution >= 0.6 is 0 Å². The number of anilines is 2. The standard InChI is InChI=1S/C23H25N5O2/c1-17-4-2-6-21(26-17)27-22-15-19(24-16-25-22)14-18-9-11-28(12-10-18)23(29)8-7-20-5-3-13-30-20/h2-8,13,15-16,18H,9-12,14H2,1H3,(H,24,25,26,27)/b8-7+. The second-order valence-corrected chi connectivity index (χ2v) is 7.51. The number of furan rings is 1. The number of rotatable bonds is 6. The van der Waals surface area contributed by atoms with Crippen LogP contribution in [0, 0.1) is 12.8 Å². The highest BCUT2D eigenvalue weighted by molar-refractivity contribution is 5.91. The number of hydrogen-bond donors (Lipinski definition) is 1. The van der Waals surface area contributed by atoms with E-state index in [4.69, 9.17) is 4.42 Å². The van der Waals surface area contributed by atoms with Crippen LogP contribution in [-0.2, 0) is 11.2 Å². The van der Waals surface area contributed by atoms with Crippen molar-refractivity contribution in [3.05, 3.63) is 72.2 Å². The molecule has 30 heavy (non-hydrogen) atoms. The molecule has 1 N–H and O–H groups in total. The minimum Gasteiger partial charge on any atom is -0.465 e. The van der Waals surface area contributed by atoms with E-state index in [0.29, 0.717) is 11.7 Å². The van der Waals surface area contributed by atoms with Crippen LogP contribution in [0.4, 0.5) is 11.6 Å². The highest BCUT2D eigenvalue weighted by Gasteiger charge is 2.22. The van der Waals surface area contributed by atoms with Gasteiger partial charge >= 0.3 is 0 Å². The Morgan fingerprint density at radius 3 is 2.83 bits per heavy atom. The van der Waals surface area contributed by atoms with Crippen molar-refractivity contribution in [1.82, 2.24) is 19.9 Å². The minimum atomic E-state index is 0.0315. The molecule has 1 amide bonds. The number of nitrogens with one attached hydrogen (secondary N) is 1. The van der Waals surface area contributed by atoms with Crippen LogP contribution < -0.4 is 5.32 Å². The van der Waals surface area contributed by atoms with E-state index in [9.17, 15) is 4.79 Å². The zero-order valence-electron chi connectivity index (χ0n) is 17.0. The topological polar surface area (TPSA) is 84.2 Å². The number of aromatic nitrogens is 3. The number of carbonyl (C=O) groups is 1. The van der Waals surface area contributed by atoms with Gasteiger partial charge in [-0.05, 0) is 62.4 Å². The first-order valence-electron chi connectivity index (χ1n) is 10.2. The molecule has 3 aromatic heterocycles. The Hall–Kier alpha value is -3.48. The van der Waals surface area contributed by atoms with Gasteiger partial charge < -0.3 is 14.6 Å². The van der Waals surface area contributed by atoms with Crippen LogP contribution in [0.3, 0.4) is 0 Å². The third-order valence-electron chi connectivity index (χ3n) is 5.23. The third kappa shape index (κ3) is 5.31. The Bertz CT molecular complexity index is 1010. The van der Waals surface area contributed by atoms with Gasteiger partial charge in [0.1, 0.15) is 23.7 Å². The molecule has 1 fully saturated rings. The van der Waals surface area contributed by atoms with Crippen molar-refractivity contribution in [2.45, 2.75) is 26.2 Å². The lowest BCUT2D eigenvalue weighted by atomic mass is 9.92. The molecule has 0 radical (unpaired) electrons. The van der Waals surface area contributed by atoms with Crippen LogP contribution in [-0.4, -0.2) is 38.8 Å². The van der Waals surface area contributed by atoms with E-state index in [-0.39, 0.29) is 5.91 Å². The molecule has 0 atom stereocenters. The molecule has 1 aliphatic heterocycles. The van der Waals surface area contributed by atoms with Crippen molar-refractivity contribution in [3.8, 4) is 0 Å². The molecule has 0 bridgehead atoms. The van der Waals surface area contributed by atoms with Gasteiger partial charge in [-0.25, -0.2) is 15.0 Å². The van der Waals surface area contributed by atoms with E-state index in [1.807, 2.05) is 42.2 Å². The quantitative estimate of drug-likeness (QED) is 0.626. The normalized spacial score (nSPS) is 14.9. The van der Waals surface area contributed by atoms with Gasteiger partial charge in [-0.3, -0.25) is 4.79 Å². The lowest BCUT2D eigenvalue weighted by Crippen LogP contribution is -2.38. The van der Waals surface area contributed by atoms with Gasteiger partial charge in [-0.15, -0.1) is 0 Å². The number of hydrogen-bond acceptors (Lipinski definition) is 6. The first-order chi connectivity index (χ1) is 14.7. The fourth-order valence-electron chi connectivity index (χ4n) is 3.62. The summed E-state index contributed by atoms with van der Waals surface area (Å²) in [4.78, 5) is 27.4. The highest BCUT2D eigenvalue weighted by Crippen LogP contribution is 2.22. The number of amides is 1. The van der Waals surface area contributed by atoms with Crippen molar-refractivity contribution in [3.63, 3.8) is 0 Å². The van der Waals surface area contributed by atoms with Gasteiger partial charge in [0.25, 0.3) is 0 Å². The average Bonchev–Trinajstić information content (AvgIpc) is 3.27. The maximum Gasteiger partial charge on any atom is 0.246 e. The van der Waals surface area contributed by atoms with Gasteiger partial charge in [0.05, 0.1) is 6.26 Å². The Kier molecular flexibility index (Phi) is 6.17. The van der Waals surface area contributed by atoms with Crippen molar-refractivity contribution in [1.29, 1.82) is 0 Å². The molecule has 0 unspecified atom stereocenters. The van der Waals surface area contributed by atoms with Crippen molar-refractivity contribution >= 4 is 23.6 Å². The molecule has 1 saturated heterocycles. The van der Waals surface area contributed by atoms with Crippen molar-refractivity contribution in [2.24, 2.45) is 5.92 Å². The molecule has 1 aliphatic rings. The number of pyridine rings is 1. The molecule has 7 nitrogen and oxygen atoms in total. The van der Waals surface area contributed by atoms with Crippen LogP contribution in [0.2, 0.25) is 0 Å². The largest absolute Gasteiger partial charge is 0.465 e. The second kappa shape index (κ2) is 9.35. The van der Waals surface area contributed by atoms with Crippen molar-refractivity contribution in [2.75, 3.05) is 18.4 Å². The van der Waals surface area contributed by atoms with Gasteiger partial charge in [0.15, 0.2) is 0 Å². The van der Waals surface area contributed by atoms with Crippen molar-refractivity contribution < 1.29 is 9.21 Å². The molecule has 0 saturated carbocycles. The average molecular weight is 403 g/mol. The zero-order chi connectivity index (χ0) is 20.8. The third-order valence-corrected chi connectivity index (χ3v) is 5.23. The zero-order valence-corrected chi connectivity index (χ0v) is 17.0. The highest BCUT2D eigenvalue weighted by atomic mass is 16.3. The van der Waals surface area contributed by atoms with Gasteiger partial charge in [0.2, 0.25) is 5.91 Å². The number of piperidine rings is 1. The molecule has 154 valence electrons. The first kappa shape index (κ1) is 19.8. The lowest BCUT2D eigenvalue weighted by molar-refractivity contribution is -0.127. The van der Waals surface area contributed by atoms with Gasteiger partial charge in [0, 0.05) is 36.6 Å². The summed E-state index contributed by atoms with van der Waals surface area (Å²) in [5.41, 5.74) is 1.96. The summed E-state index contributed by atoms with van der Waals surface area (Å²) >= 11 is 0. The molecular formula is C23H25N5O2. The Morgan fingerprint density at radius 1 is 1.20 bits per heavy atom. The smallest absolute Gasteiger partial charge is 0.246 e. The molecule has 4 heterocycles. The van der Waals surface area contributed by atoms with E-state index in [1.54, 1.807) is 30.8 Å². The molecule has 0 aliphatic carbocycles. The molecule has 7 heteroatoms. The number of aryl methyl sites for hydroxylation is 1. The summed E-state index contributed by atoms with van der Waals surface area (Å²) in [5.74, 6) is 2.74. The summed E-state index contributed by atoms with van der Waals surface area (Å²) < 4.78 is 5.23. The summed E-state index contributed by atoms with van der Waals surface area (Å²) in [5, 5.41) is 3.24. The van der Waals surface area contributed by atoms with Gasteiger partial charge in [-0.1, -0.05) is 6.07 Å². The predicted molar refractivity (Wildman–Crippen MR) is 115 cm³/mol. The van der Waals surface area contributed by atoms with Crippen LogP contribution in [0.5, 0.6) is 0 Å².